The number of unbranched alkanes of at least 4 members (excludes halogenated alkanes) is 2. The number of hydrogen-bond donors (Lipinski definition) is 5. The molecule has 16 nitrogen and oxygen atoms in total. The van der Waals surface area contributed by atoms with Crippen molar-refractivity contribution in [3.63, 3.8) is 0 Å². The number of fused-ring (bicyclic) bond motifs is 2. The third-order valence-electron chi connectivity index (χ3n) is 11.6. The first kappa shape index (κ1) is 41.7. The van der Waals surface area contributed by atoms with Gasteiger partial charge in [-0.3, -0.25) is 39.0 Å². The molecule has 0 radical (unpaired) electrons. The standard InChI is InChI=1S/C42H50ClN9O7/c1-25-22-32(53)37-35(25)38(48-24-47-37)50-18-20-51(21-19-50)40(57)29(26-8-10-27(43)11-9-26)23-44-17-14-33(54)46-16-4-2-3-15-45-30-7-5-6-28-36(30)42(59)52(41(28)58)31-12-13-34(55)49-39(31)56/h5-11,24-25,29,31-32,44-45,53H,2-4,12-23H2,1H3,(H,46,54)(H,49,55,56)/t25-,29?,31?,32-/m1/s1. The fourth-order valence-corrected chi connectivity index (χ4v) is 8.56. The van der Waals surface area contributed by atoms with Crippen molar-refractivity contribution in [2.45, 2.75) is 75.9 Å². The van der Waals surface area contributed by atoms with Crippen molar-refractivity contribution in [3.8, 4) is 0 Å². The number of nitrogens with one attached hydrogen (secondary N) is 4. The van der Waals surface area contributed by atoms with Gasteiger partial charge in [0.05, 0.1) is 28.8 Å². The minimum atomic E-state index is -1.02. The summed E-state index contributed by atoms with van der Waals surface area (Å²) < 4.78 is 0. The third kappa shape index (κ3) is 9.24. The van der Waals surface area contributed by atoms with E-state index >= 15 is 0 Å². The Kier molecular flexibility index (Phi) is 13.2. The number of benzene rings is 2. The summed E-state index contributed by atoms with van der Waals surface area (Å²) in [7, 11) is 0. The van der Waals surface area contributed by atoms with E-state index in [4.69, 9.17) is 11.6 Å². The number of halogens is 1. The van der Waals surface area contributed by atoms with Crippen LogP contribution in [0, 0.1) is 0 Å². The molecule has 312 valence electrons. The molecule has 17 heteroatoms. The van der Waals surface area contributed by atoms with Crippen molar-refractivity contribution in [1.82, 2.24) is 35.7 Å². The summed E-state index contributed by atoms with van der Waals surface area (Å²) in [5.41, 5.74) is 3.50. The van der Waals surface area contributed by atoms with Crippen molar-refractivity contribution in [2.24, 2.45) is 0 Å². The maximum Gasteiger partial charge on any atom is 0.264 e. The molecule has 59 heavy (non-hydrogen) atoms. The second-order valence-corrected chi connectivity index (χ2v) is 16.0. The quantitative estimate of drug-likeness (QED) is 0.105. The van der Waals surface area contributed by atoms with Gasteiger partial charge in [-0.05, 0) is 67.9 Å². The predicted octanol–water partition coefficient (Wildman–Crippen LogP) is 2.88. The smallest absolute Gasteiger partial charge is 0.264 e. The lowest BCUT2D eigenvalue weighted by atomic mass is 9.97. The van der Waals surface area contributed by atoms with Gasteiger partial charge in [-0.2, -0.15) is 0 Å². The Morgan fingerprint density at radius 3 is 2.47 bits per heavy atom. The number of imide groups is 2. The highest BCUT2D eigenvalue weighted by molar-refractivity contribution is 6.30. The molecule has 1 aliphatic carbocycles. The zero-order valence-electron chi connectivity index (χ0n) is 33.0. The third-order valence-corrected chi connectivity index (χ3v) is 11.8. The number of carbonyl (C=O) groups excluding carboxylic acids is 6. The number of amides is 6. The lowest BCUT2D eigenvalue weighted by Gasteiger charge is -2.38. The highest BCUT2D eigenvalue weighted by Crippen LogP contribution is 2.43. The van der Waals surface area contributed by atoms with Crippen molar-refractivity contribution in [3.05, 3.63) is 81.8 Å². The molecule has 2 unspecified atom stereocenters. The first-order valence-corrected chi connectivity index (χ1v) is 20.8. The van der Waals surface area contributed by atoms with E-state index in [0.29, 0.717) is 75.2 Å². The number of rotatable bonds is 16. The molecule has 2 aromatic carbocycles. The van der Waals surface area contributed by atoms with E-state index < -0.39 is 41.7 Å². The van der Waals surface area contributed by atoms with Gasteiger partial charge < -0.3 is 30.9 Å². The van der Waals surface area contributed by atoms with E-state index in [1.165, 1.54) is 6.33 Å². The van der Waals surface area contributed by atoms with Gasteiger partial charge >= 0.3 is 0 Å². The number of anilines is 2. The molecule has 5 N–H and O–H groups in total. The molecule has 2 fully saturated rings. The van der Waals surface area contributed by atoms with Crippen LogP contribution in [0.5, 0.6) is 0 Å². The Balaban J connectivity index is 0.817. The Morgan fingerprint density at radius 2 is 1.71 bits per heavy atom. The molecule has 3 aromatic rings. The van der Waals surface area contributed by atoms with Crippen LogP contribution in [0.3, 0.4) is 0 Å². The van der Waals surface area contributed by atoms with Crippen LogP contribution in [0.15, 0.2) is 48.8 Å². The number of piperidine rings is 1. The minimum Gasteiger partial charge on any atom is -0.387 e. The van der Waals surface area contributed by atoms with E-state index in [0.717, 1.165) is 41.1 Å². The van der Waals surface area contributed by atoms with Crippen LogP contribution in [0.25, 0.3) is 0 Å². The largest absolute Gasteiger partial charge is 0.387 e. The summed E-state index contributed by atoms with van der Waals surface area (Å²) in [5, 5.41) is 22.8. The van der Waals surface area contributed by atoms with Crippen LogP contribution in [0.1, 0.15) is 107 Å². The average molecular weight is 828 g/mol. The molecule has 7 rings (SSSR count). The van der Waals surface area contributed by atoms with Gasteiger partial charge in [-0.1, -0.05) is 36.7 Å². The SMILES string of the molecule is C[C@@H]1C[C@@H](O)c2ncnc(N3CCN(C(=O)C(CNCCC(=O)NCCCCCNc4cccc5c4C(=O)N(C4CCC(=O)NC4=O)C5=O)c4ccc(Cl)cc4)CC3)c21. The van der Waals surface area contributed by atoms with Crippen molar-refractivity contribution in [1.29, 1.82) is 0 Å². The molecule has 4 heterocycles. The van der Waals surface area contributed by atoms with E-state index in [1.807, 2.05) is 17.0 Å². The van der Waals surface area contributed by atoms with E-state index in [-0.39, 0.29) is 48.1 Å². The maximum atomic E-state index is 14.0. The van der Waals surface area contributed by atoms with Crippen LogP contribution in [-0.2, 0) is 19.2 Å². The molecule has 4 atom stereocenters. The number of piperazine rings is 1. The number of aromatic nitrogens is 2. The molecule has 1 aromatic heterocycles. The van der Waals surface area contributed by atoms with Crippen LogP contribution in [0.2, 0.25) is 5.02 Å². The Hall–Kier alpha value is -5.45. The maximum absolute atomic E-state index is 14.0. The summed E-state index contributed by atoms with van der Waals surface area (Å²) in [6.07, 6.45) is 4.26. The van der Waals surface area contributed by atoms with Crippen molar-refractivity contribution < 1.29 is 33.9 Å². The summed E-state index contributed by atoms with van der Waals surface area (Å²) in [6.45, 7) is 6.14. The van der Waals surface area contributed by atoms with E-state index in [9.17, 15) is 33.9 Å². The number of aliphatic hydroxyl groups excluding tert-OH is 1. The lowest BCUT2D eigenvalue weighted by molar-refractivity contribution is -0.136. The zero-order chi connectivity index (χ0) is 41.6. The minimum absolute atomic E-state index is 0.000979. The van der Waals surface area contributed by atoms with Gasteiger partial charge in [0.2, 0.25) is 23.6 Å². The van der Waals surface area contributed by atoms with Gasteiger partial charge in [0.1, 0.15) is 18.2 Å². The molecule has 4 aliphatic rings. The average Bonchev–Trinajstić information content (AvgIpc) is 3.67. The fourth-order valence-electron chi connectivity index (χ4n) is 8.43. The number of aliphatic hydroxyl groups is 1. The van der Waals surface area contributed by atoms with Gasteiger partial charge in [0, 0.05) is 81.5 Å². The summed E-state index contributed by atoms with van der Waals surface area (Å²) in [5.74, 6) is -1.73. The second-order valence-electron chi connectivity index (χ2n) is 15.5. The normalized spacial score (nSPS) is 20.7. The molecular formula is C42H50ClN9O7. The van der Waals surface area contributed by atoms with Gasteiger partial charge in [0.15, 0.2) is 0 Å². The highest BCUT2D eigenvalue weighted by atomic mass is 35.5. The molecule has 0 saturated carbocycles. The molecule has 6 amide bonds. The van der Waals surface area contributed by atoms with Gasteiger partial charge in [-0.15, -0.1) is 0 Å². The second kappa shape index (κ2) is 18.6. The first-order valence-electron chi connectivity index (χ1n) is 20.4. The van der Waals surface area contributed by atoms with Crippen LogP contribution in [0.4, 0.5) is 11.5 Å². The van der Waals surface area contributed by atoms with Gasteiger partial charge in [0.25, 0.3) is 11.8 Å². The Bertz CT molecular complexity index is 2090. The molecule has 2 saturated heterocycles. The number of carbonyl (C=O) groups is 6. The monoisotopic (exact) mass is 827 g/mol. The van der Waals surface area contributed by atoms with Crippen LogP contribution >= 0.6 is 11.6 Å². The van der Waals surface area contributed by atoms with Crippen LogP contribution < -0.4 is 26.2 Å². The van der Waals surface area contributed by atoms with Gasteiger partial charge in [-0.25, -0.2) is 9.97 Å². The van der Waals surface area contributed by atoms with Crippen molar-refractivity contribution in [2.75, 3.05) is 62.6 Å². The van der Waals surface area contributed by atoms with E-state index in [2.05, 4.69) is 43.1 Å². The number of hydrogen-bond acceptors (Lipinski definition) is 12. The highest BCUT2D eigenvalue weighted by Gasteiger charge is 2.45. The summed E-state index contributed by atoms with van der Waals surface area (Å²) >= 11 is 6.17. The zero-order valence-corrected chi connectivity index (χ0v) is 33.8. The molecular weight excluding hydrogens is 778 g/mol. The van der Waals surface area contributed by atoms with Crippen molar-refractivity contribution >= 4 is 58.5 Å². The lowest BCUT2D eigenvalue weighted by Crippen LogP contribution is -2.54. The predicted molar refractivity (Wildman–Crippen MR) is 219 cm³/mol. The first-order chi connectivity index (χ1) is 28.5. The topological polar surface area (TPSA) is 206 Å². The molecule has 0 spiro atoms. The number of nitrogens with zero attached hydrogens (tertiary/aromatic N) is 5. The Morgan fingerprint density at radius 1 is 0.949 bits per heavy atom. The van der Waals surface area contributed by atoms with Crippen LogP contribution in [-0.4, -0.2) is 119 Å². The fraction of sp³-hybridized carbons (Fsp3) is 0.476. The summed E-state index contributed by atoms with van der Waals surface area (Å²) in [6, 6.07) is 11.2. The molecule has 0 bridgehead atoms. The molecule has 3 aliphatic heterocycles. The Labute approximate surface area is 347 Å². The summed E-state index contributed by atoms with van der Waals surface area (Å²) in [4.78, 5) is 90.9. The van der Waals surface area contributed by atoms with E-state index in [1.54, 1.807) is 30.3 Å².